The maximum atomic E-state index is 13.1. The number of benzene rings is 3. The number of fused-ring (bicyclic) bond motifs is 1. The minimum Gasteiger partial charge on any atom is -0.496 e. The van der Waals surface area contributed by atoms with E-state index in [1.165, 1.54) is 0 Å². The molecule has 1 fully saturated rings. The number of hydrogen-bond donors (Lipinski definition) is 0. The molecule has 3 aromatic rings. The number of amides is 2. The summed E-state index contributed by atoms with van der Waals surface area (Å²) in [7, 11) is 3.30. The van der Waals surface area contributed by atoms with Crippen molar-refractivity contribution in [1.29, 1.82) is 0 Å². The predicted octanol–water partition coefficient (Wildman–Crippen LogP) is 5.95. The highest BCUT2D eigenvalue weighted by Gasteiger charge is 2.33. The molecule has 0 N–H and O–H groups in total. The largest absolute Gasteiger partial charge is 0.496 e. The molecule has 2 aliphatic heterocycles. The molecule has 12 heteroatoms. The number of anilines is 2. The summed E-state index contributed by atoms with van der Waals surface area (Å²) >= 11 is 0. The number of rotatable bonds is 16. The molecule has 12 nitrogen and oxygen atoms in total. The molecule has 0 bridgehead atoms. The van der Waals surface area contributed by atoms with Crippen LogP contribution < -0.4 is 28.7 Å². The lowest BCUT2D eigenvalue weighted by molar-refractivity contribution is -0.121. The van der Waals surface area contributed by atoms with Crippen molar-refractivity contribution < 1.29 is 42.7 Å². The van der Waals surface area contributed by atoms with E-state index in [9.17, 15) is 9.59 Å². The molecule has 0 saturated carbocycles. The lowest BCUT2D eigenvalue weighted by Crippen LogP contribution is -2.57. The van der Waals surface area contributed by atoms with Crippen molar-refractivity contribution in [3.05, 3.63) is 72.3 Å². The van der Waals surface area contributed by atoms with E-state index in [1.807, 2.05) is 87.5 Å². The van der Waals surface area contributed by atoms with E-state index in [1.54, 1.807) is 24.0 Å². The molecule has 51 heavy (non-hydrogen) atoms. The molecule has 1 atom stereocenters. The summed E-state index contributed by atoms with van der Waals surface area (Å²) in [5.41, 5.74) is 2.08. The summed E-state index contributed by atoms with van der Waals surface area (Å²) in [5, 5.41) is 0. The van der Waals surface area contributed by atoms with Crippen LogP contribution in [0.15, 0.2) is 66.7 Å². The maximum absolute atomic E-state index is 13.1. The molecule has 2 heterocycles. The van der Waals surface area contributed by atoms with Crippen LogP contribution in [-0.2, 0) is 25.6 Å². The fourth-order valence-electron chi connectivity index (χ4n) is 6.00. The Morgan fingerprint density at radius 2 is 1.69 bits per heavy atom. The fourth-order valence-corrected chi connectivity index (χ4v) is 6.00. The van der Waals surface area contributed by atoms with Gasteiger partial charge >= 0.3 is 6.09 Å². The molecule has 1 saturated heterocycles. The van der Waals surface area contributed by atoms with Crippen molar-refractivity contribution >= 4 is 23.4 Å². The van der Waals surface area contributed by atoms with E-state index >= 15 is 0 Å². The summed E-state index contributed by atoms with van der Waals surface area (Å²) in [6.45, 7) is 10.1. The van der Waals surface area contributed by atoms with Crippen LogP contribution in [-0.4, -0.2) is 102 Å². The lowest BCUT2D eigenvalue weighted by Gasteiger charge is -2.42. The molecule has 5 rings (SSSR count). The Hall–Kier alpha value is -4.68. The highest BCUT2D eigenvalue weighted by atomic mass is 16.6. The van der Waals surface area contributed by atoms with Crippen LogP contribution in [0.2, 0.25) is 0 Å². The zero-order valence-corrected chi connectivity index (χ0v) is 30.4. The van der Waals surface area contributed by atoms with Gasteiger partial charge in [0, 0.05) is 63.6 Å². The van der Waals surface area contributed by atoms with Gasteiger partial charge in [-0.2, -0.15) is 0 Å². The number of methoxy groups -OCH3 is 2. The van der Waals surface area contributed by atoms with Crippen molar-refractivity contribution in [3.63, 3.8) is 0 Å². The summed E-state index contributed by atoms with van der Waals surface area (Å²) in [5.74, 6) is 2.73. The summed E-state index contributed by atoms with van der Waals surface area (Å²) < 4.78 is 40.2. The first-order valence-electron chi connectivity index (χ1n) is 17.5. The Morgan fingerprint density at radius 1 is 0.902 bits per heavy atom. The number of carbonyl (C=O) groups excluding carboxylic acids is 2. The summed E-state index contributed by atoms with van der Waals surface area (Å²) in [6.07, 6.45) is 1.10. The minimum atomic E-state index is -0.602. The average molecular weight is 706 g/mol. The van der Waals surface area contributed by atoms with Crippen LogP contribution in [0.5, 0.6) is 23.0 Å². The highest BCUT2D eigenvalue weighted by Crippen LogP contribution is 2.36. The monoisotopic (exact) mass is 705 g/mol. The molecule has 2 amide bonds. The second-order valence-corrected chi connectivity index (χ2v) is 13.5. The van der Waals surface area contributed by atoms with Gasteiger partial charge < -0.3 is 47.9 Å². The number of carbonyl (C=O) groups is 2. The van der Waals surface area contributed by atoms with Crippen LogP contribution in [0.4, 0.5) is 16.2 Å². The molecule has 276 valence electrons. The first-order chi connectivity index (χ1) is 24.6. The van der Waals surface area contributed by atoms with E-state index in [4.69, 9.17) is 33.2 Å². The van der Waals surface area contributed by atoms with Gasteiger partial charge in [0.1, 0.15) is 35.2 Å². The van der Waals surface area contributed by atoms with Crippen molar-refractivity contribution in [2.75, 3.05) is 83.2 Å². The fraction of sp³-hybridized carbons (Fsp3) is 0.487. The number of nitrogens with zero attached hydrogens (tertiary/aromatic N) is 3. The molecule has 0 aromatic heterocycles. The van der Waals surface area contributed by atoms with Gasteiger partial charge in [0.2, 0.25) is 0 Å². The van der Waals surface area contributed by atoms with Gasteiger partial charge in [-0.25, -0.2) is 4.79 Å². The SMILES string of the molecule is COCCCN1C(=O)COc2ccc(OCC3CN(C(=O)OC(C)(C)C)CCN3c3ccc(OCCCOCc4ccccc4OC)cc3)cc21. The van der Waals surface area contributed by atoms with Gasteiger partial charge in [-0.05, 0) is 69.7 Å². The van der Waals surface area contributed by atoms with Gasteiger partial charge in [-0.3, -0.25) is 4.79 Å². The predicted molar refractivity (Wildman–Crippen MR) is 194 cm³/mol. The van der Waals surface area contributed by atoms with E-state index in [0.717, 1.165) is 29.2 Å². The third-order valence-electron chi connectivity index (χ3n) is 8.50. The molecule has 3 aromatic carbocycles. The molecule has 1 unspecified atom stereocenters. The normalized spacial score (nSPS) is 16.0. The Kier molecular flexibility index (Phi) is 13.3. The third-order valence-corrected chi connectivity index (χ3v) is 8.50. The molecule has 2 aliphatic rings. The van der Waals surface area contributed by atoms with Gasteiger partial charge in [0.25, 0.3) is 5.91 Å². The standard InChI is InChI=1S/C39H51N3O9/c1-39(2,3)51-38(44)40-19-20-41(30-12-14-32(15-13-30)48-23-9-22-47-26-29-10-6-7-11-35(29)46-5)31(25-40)27-49-33-16-17-36-34(24-33)42(18-8-21-45-4)37(43)28-50-36/h6-7,10-17,24,31H,8-9,18-23,25-28H2,1-5H3. The zero-order chi connectivity index (χ0) is 36.2. The number of ether oxygens (including phenoxy) is 7. The first-order valence-corrected chi connectivity index (χ1v) is 17.5. The van der Waals surface area contributed by atoms with E-state index < -0.39 is 5.60 Å². The van der Waals surface area contributed by atoms with Gasteiger partial charge in [-0.1, -0.05) is 18.2 Å². The zero-order valence-electron chi connectivity index (χ0n) is 30.4. The first kappa shape index (κ1) is 37.6. The molecular weight excluding hydrogens is 654 g/mol. The van der Waals surface area contributed by atoms with Crippen LogP contribution in [0.1, 0.15) is 39.2 Å². The average Bonchev–Trinajstić information content (AvgIpc) is 3.12. The number of piperazine rings is 1. The molecule has 0 aliphatic carbocycles. The van der Waals surface area contributed by atoms with Crippen LogP contribution in [0.3, 0.4) is 0 Å². The van der Waals surface area contributed by atoms with Crippen LogP contribution >= 0.6 is 0 Å². The van der Waals surface area contributed by atoms with E-state index in [-0.39, 0.29) is 24.6 Å². The van der Waals surface area contributed by atoms with E-state index in [2.05, 4.69) is 4.90 Å². The van der Waals surface area contributed by atoms with E-state index in [0.29, 0.717) is 82.8 Å². The topological polar surface area (TPSA) is 108 Å². The smallest absolute Gasteiger partial charge is 0.410 e. The Bertz CT molecular complexity index is 1580. The quantitative estimate of drug-likeness (QED) is 0.166. The van der Waals surface area contributed by atoms with Crippen molar-refractivity contribution in [3.8, 4) is 23.0 Å². The van der Waals surface area contributed by atoms with Gasteiger partial charge in [0.05, 0.1) is 38.7 Å². The third kappa shape index (κ3) is 10.7. The minimum absolute atomic E-state index is 0.000724. The second kappa shape index (κ2) is 18.0. The summed E-state index contributed by atoms with van der Waals surface area (Å²) in [6, 6.07) is 21.2. The molecule has 0 spiro atoms. The van der Waals surface area contributed by atoms with Crippen LogP contribution in [0, 0.1) is 0 Å². The summed E-state index contributed by atoms with van der Waals surface area (Å²) in [4.78, 5) is 31.5. The Labute approximate surface area is 301 Å². The van der Waals surface area contributed by atoms with Crippen molar-refractivity contribution in [1.82, 2.24) is 4.90 Å². The Balaban J connectivity index is 1.20. The second-order valence-electron chi connectivity index (χ2n) is 13.5. The highest BCUT2D eigenvalue weighted by molar-refractivity contribution is 5.98. The van der Waals surface area contributed by atoms with Crippen molar-refractivity contribution in [2.45, 2.75) is 51.9 Å². The van der Waals surface area contributed by atoms with Gasteiger partial charge in [-0.15, -0.1) is 0 Å². The van der Waals surface area contributed by atoms with Crippen LogP contribution in [0.25, 0.3) is 0 Å². The maximum Gasteiger partial charge on any atom is 0.410 e. The Morgan fingerprint density at radius 3 is 2.45 bits per heavy atom. The number of para-hydroxylation sites is 1. The molecular formula is C39H51N3O9. The lowest BCUT2D eigenvalue weighted by atomic mass is 10.1. The molecule has 0 radical (unpaired) electrons. The van der Waals surface area contributed by atoms with Crippen molar-refractivity contribution in [2.24, 2.45) is 0 Å². The van der Waals surface area contributed by atoms with Gasteiger partial charge in [0.15, 0.2) is 6.61 Å². The number of hydrogen-bond acceptors (Lipinski definition) is 10.